The van der Waals surface area contributed by atoms with Crippen molar-refractivity contribution in [3.8, 4) is 5.75 Å². The van der Waals surface area contributed by atoms with Crippen molar-refractivity contribution in [2.24, 2.45) is 5.92 Å². The van der Waals surface area contributed by atoms with Gasteiger partial charge in [0.25, 0.3) is 5.91 Å². The Morgan fingerprint density at radius 2 is 1.90 bits per heavy atom. The van der Waals surface area contributed by atoms with E-state index in [1.54, 1.807) is 19.1 Å². The fourth-order valence-corrected chi connectivity index (χ4v) is 3.86. The van der Waals surface area contributed by atoms with E-state index in [2.05, 4.69) is 17.4 Å². The third-order valence-electron chi connectivity index (χ3n) is 5.95. The van der Waals surface area contributed by atoms with Crippen molar-refractivity contribution in [1.29, 1.82) is 0 Å². The molecule has 2 aromatic rings. The normalized spacial score (nSPS) is 19.5. The van der Waals surface area contributed by atoms with Gasteiger partial charge >= 0.3 is 5.97 Å². The SMILES string of the molecule is Cc1noc(C)c1COc1ccc(CC(=O)O[C@@H](C)C(=O)N[C@H]2CCCC[C@@H]2C)cc1. The van der Waals surface area contributed by atoms with Gasteiger partial charge in [0, 0.05) is 6.04 Å². The second-order valence-electron chi connectivity index (χ2n) is 8.42. The van der Waals surface area contributed by atoms with Crippen LogP contribution in [0.5, 0.6) is 5.75 Å². The molecule has 0 spiro atoms. The van der Waals surface area contributed by atoms with Crippen molar-refractivity contribution in [2.75, 3.05) is 0 Å². The zero-order valence-corrected chi connectivity index (χ0v) is 18.8. The highest BCUT2D eigenvalue weighted by Gasteiger charge is 2.26. The topological polar surface area (TPSA) is 90.7 Å². The lowest BCUT2D eigenvalue weighted by atomic mass is 9.86. The Balaban J connectivity index is 1.44. The van der Waals surface area contributed by atoms with Crippen LogP contribution in [0.15, 0.2) is 28.8 Å². The average Bonchev–Trinajstić information content (AvgIpc) is 3.06. The van der Waals surface area contributed by atoms with Gasteiger partial charge in [0.15, 0.2) is 6.10 Å². The van der Waals surface area contributed by atoms with Crippen molar-refractivity contribution in [2.45, 2.75) is 78.6 Å². The first-order chi connectivity index (χ1) is 14.8. The first-order valence-electron chi connectivity index (χ1n) is 11.0. The standard InChI is InChI=1S/C24H32N2O5/c1-15-7-5-6-8-22(15)25-24(28)18(4)30-23(27)13-19-9-11-20(12-10-19)29-14-21-16(2)26-31-17(21)3/h9-12,15,18,22H,5-8,13-14H2,1-4H3,(H,25,28)/t15-,18-,22-/m0/s1. The van der Waals surface area contributed by atoms with Gasteiger partial charge in [-0.2, -0.15) is 0 Å². The number of aryl methyl sites for hydroxylation is 2. The molecule has 0 aliphatic heterocycles. The van der Waals surface area contributed by atoms with Gasteiger partial charge in [-0.3, -0.25) is 9.59 Å². The third kappa shape index (κ3) is 6.32. The highest BCUT2D eigenvalue weighted by atomic mass is 16.5. The Labute approximate surface area is 183 Å². The monoisotopic (exact) mass is 428 g/mol. The van der Waals surface area contributed by atoms with Crippen LogP contribution in [-0.2, 0) is 27.4 Å². The molecule has 0 saturated heterocycles. The van der Waals surface area contributed by atoms with Gasteiger partial charge in [0.1, 0.15) is 18.1 Å². The predicted molar refractivity (Wildman–Crippen MR) is 116 cm³/mol. The second kappa shape index (κ2) is 10.5. The number of hydrogen-bond acceptors (Lipinski definition) is 6. The molecule has 1 aliphatic carbocycles. The van der Waals surface area contributed by atoms with E-state index in [4.69, 9.17) is 14.0 Å². The molecular weight excluding hydrogens is 396 g/mol. The molecule has 1 N–H and O–H groups in total. The van der Waals surface area contributed by atoms with Crippen molar-refractivity contribution in [3.05, 3.63) is 46.8 Å². The van der Waals surface area contributed by atoms with Crippen LogP contribution in [0.3, 0.4) is 0 Å². The molecule has 1 aromatic carbocycles. The molecule has 3 rings (SSSR count). The van der Waals surface area contributed by atoms with E-state index in [1.165, 1.54) is 6.42 Å². The Morgan fingerprint density at radius 1 is 1.19 bits per heavy atom. The van der Waals surface area contributed by atoms with Gasteiger partial charge in [-0.25, -0.2) is 0 Å². The molecule has 168 valence electrons. The maximum atomic E-state index is 12.4. The highest BCUT2D eigenvalue weighted by Crippen LogP contribution is 2.24. The molecule has 31 heavy (non-hydrogen) atoms. The van der Waals surface area contributed by atoms with Crippen LogP contribution in [0.2, 0.25) is 0 Å². The quantitative estimate of drug-likeness (QED) is 0.638. The lowest BCUT2D eigenvalue weighted by Crippen LogP contribution is -2.46. The number of aromatic nitrogens is 1. The largest absolute Gasteiger partial charge is 0.489 e. The van der Waals surface area contributed by atoms with Gasteiger partial charge in [-0.15, -0.1) is 0 Å². The van der Waals surface area contributed by atoms with E-state index in [0.29, 0.717) is 18.3 Å². The molecular formula is C24H32N2O5. The van der Waals surface area contributed by atoms with Crippen LogP contribution in [0.1, 0.15) is 62.1 Å². The molecule has 0 unspecified atom stereocenters. The van der Waals surface area contributed by atoms with Crippen molar-refractivity contribution in [3.63, 3.8) is 0 Å². The second-order valence-corrected chi connectivity index (χ2v) is 8.42. The van der Waals surface area contributed by atoms with E-state index >= 15 is 0 Å². The first-order valence-corrected chi connectivity index (χ1v) is 11.0. The lowest BCUT2D eigenvalue weighted by molar-refractivity contribution is -0.154. The maximum Gasteiger partial charge on any atom is 0.311 e. The molecule has 1 heterocycles. The maximum absolute atomic E-state index is 12.4. The van der Waals surface area contributed by atoms with Crippen LogP contribution in [0, 0.1) is 19.8 Å². The molecule has 1 aromatic heterocycles. The zero-order chi connectivity index (χ0) is 22.4. The fourth-order valence-electron chi connectivity index (χ4n) is 3.86. The van der Waals surface area contributed by atoms with E-state index in [0.717, 1.165) is 41.8 Å². The summed E-state index contributed by atoms with van der Waals surface area (Å²) in [5.74, 6) is 1.23. The number of nitrogens with zero attached hydrogens (tertiary/aromatic N) is 1. The van der Waals surface area contributed by atoms with Gasteiger partial charge in [0.2, 0.25) is 0 Å². The predicted octanol–water partition coefficient (Wildman–Crippen LogP) is 4.04. The molecule has 1 amide bonds. The number of hydrogen-bond donors (Lipinski definition) is 1. The highest BCUT2D eigenvalue weighted by molar-refractivity contribution is 5.84. The minimum absolute atomic E-state index is 0.0988. The Morgan fingerprint density at radius 3 is 2.55 bits per heavy atom. The summed E-state index contributed by atoms with van der Waals surface area (Å²) in [4.78, 5) is 24.7. The van der Waals surface area contributed by atoms with Crippen LogP contribution in [0.4, 0.5) is 0 Å². The summed E-state index contributed by atoms with van der Waals surface area (Å²) in [6, 6.07) is 7.42. The van der Waals surface area contributed by atoms with Crippen LogP contribution in [-0.4, -0.2) is 29.2 Å². The number of nitrogens with one attached hydrogen (secondary N) is 1. The molecule has 7 nitrogen and oxygen atoms in total. The van der Waals surface area contributed by atoms with Gasteiger partial charge in [-0.1, -0.05) is 37.1 Å². The molecule has 0 radical (unpaired) electrons. The zero-order valence-electron chi connectivity index (χ0n) is 18.8. The average molecular weight is 429 g/mol. The summed E-state index contributed by atoms with van der Waals surface area (Å²) in [5, 5.41) is 6.95. The van der Waals surface area contributed by atoms with E-state index < -0.39 is 12.1 Å². The molecule has 1 saturated carbocycles. The summed E-state index contributed by atoms with van der Waals surface area (Å²) in [7, 11) is 0. The minimum atomic E-state index is -0.806. The number of benzene rings is 1. The Bertz CT molecular complexity index is 870. The van der Waals surface area contributed by atoms with Crippen LogP contribution < -0.4 is 10.1 Å². The molecule has 1 fully saturated rings. The van der Waals surface area contributed by atoms with E-state index in [-0.39, 0.29) is 18.4 Å². The number of ether oxygens (including phenoxy) is 2. The molecule has 7 heteroatoms. The molecule has 1 aliphatic rings. The van der Waals surface area contributed by atoms with Gasteiger partial charge < -0.3 is 19.3 Å². The Kier molecular flexibility index (Phi) is 7.71. The van der Waals surface area contributed by atoms with Gasteiger partial charge in [-0.05, 0) is 57.2 Å². The van der Waals surface area contributed by atoms with Gasteiger partial charge in [0.05, 0.1) is 17.7 Å². The number of rotatable bonds is 8. The van der Waals surface area contributed by atoms with E-state index in [1.807, 2.05) is 26.0 Å². The molecule has 3 atom stereocenters. The minimum Gasteiger partial charge on any atom is -0.489 e. The summed E-state index contributed by atoms with van der Waals surface area (Å²) >= 11 is 0. The fraction of sp³-hybridized carbons (Fsp3) is 0.542. The van der Waals surface area contributed by atoms with Crippen LogP contribution >= 0.6 is 0 Å². The summed E-state index contributed by atoms with van der Waals surface area (Å²) in [5.41, 5.74) is 2.54. The number of carbonyl (C=O) groups is 2. The lowest BCUT2D eigenvalue weighted by Gasteiger charge is -2.30. The third-order valence-corrected chi connectivity index (χ3v) is 5.95. The summed E-state index contributed by atoms with van der Waals surface area (Å²) < 4.78 is 16.3. The first kappa shape index (κ1) is 22.8. The Hall–Kier alpha value is -2.83. The number of esters is 1. The molecule has 0 bridgehead atoms. The smallest absolute Gasteiger partial charge is 0.311 e. The number of amides is 1. The summed E-state index contributed by atoms with van der Waals surface area (Å²) in [6.07, 6.45) is 3.74. The van der Waals surface area contributed by atoms with E-state index in [9.17, 15) is 9.59 Å². The van der Waals surface area contributed by atoms with Crippen LogP contribution in [0.25, 0.3) is 0 Å². The van der Waals surface area contributed by atoms with Crippen molar-refractivity contribution >= 4 is 11.9 Å². The van der Waals surface area contributed by atoms with Crippen molar-refractivity contribution in [1.82, 2.24) is 10.5 Å². The van der Waals surface area contributed by atoms with Crippen molar-refractivity contribution < 1.29 is 23.6 Å². The summed E-state index contributed by atoms with van der Waals surface area (Å²) in [6.45, 7) is 7.87. The number of carbonyl (C=O) groups excluding carboxylic acids is 2.